The Kier molecular flexibility index (Phi) is 7.27. The Bertz CT molecular complexity index is 1110. The van der Waals surface area contributed by atoms with Crippen LogP contribution in [0.15, 0.2) is 48.7 Å². The summed E-state index contributed by atoms with van der Waals surface area (Å²) in [7, 11) is 3.62. The molecule has 2 heterocycles. The number of carbonyl (C=O) groups excluding carboxylic acids is 1. The number of para-hydroxylation sites is 1. The Balaban J connectivity index is 1.44. The first-order valence-corrected chi connectivity index (χ1v) is 11.8. The number of aromatic amines is 1. The summed E-state index contributed by atoms with van der Waals surface area (Å²) in [6.45, 7) is 3.66. The van der Waals surface area contributed by atoms with Gasteiger partial charge in [-0.3, -0.25) is 9.69 Å². The Morgan fingerprint density at radius 3 is 2.85 bits per heavy atom. The standard InChI is InChI=1S/C26H32ClN3O3/c1-17(31)25-24(29(2)16-18-12-20(27)14-21(13-18)33-3)9-11-30(26(25)32)10-8-19-15-28-23-7-5-4-6-22(19)23/h4-7,12-15,17,24-25,28,31H,8-11,16H2,1-3H3. The van der Waals surface area contributed by atoms with Gasteiger partial charge in [0.2, 0.25) is 5.91 Å². The number of hydrogen-bond acceptors (Lipinski definition) is 4. The molecule has 1 aliphatic heterocycles. The number of nitrogens with zero attached hydrogens (tertiary/aromatic N) is 2. The SMILES string of the molecule is COc1cc(Cl)cc(CN(C)C2CCN(CCc3c[nH]c4ccccc34)C(=O)C2C(C)O)c1. The fourth-order valence-electron chi connectivity index (χ4n) is 5.03. The van der Waals surface area contributed by atoms with Crippen LogP contribution in [0.4, 0.5) is 0 Å². The van der Waals surface area contributed by atoms with Crippen molar-refractivity contribution < 1.29 is 14.6 Å². The summed E-state index contributed by atoms with van der Waals surface area (Å²) in [5.41, 5.74) is 3.33. The number of aliphatic hydroxyl groups excluding tert-OH is 1. The third-order valence-corrected chi connectivity index (χ3v) is 6.93. The molecular weight excluding hydrogens is 438 g/mol. The molecule has 2 N–H and O–H groups in total. The molecule has 1 saturated heterocycles. The predicted octanol–water partition coefficient (Wildman–Crippen LogP) is 4.10. The van der Waals surface area contributed by atoms with Gasteiger partial charge in [-0.25, -0.2) is 0 Å². The molecule has 1 aliphatic rings. The summed E-state index contributed by atoms with van der Waals surface area (Å²) in [5.74, 6) is 0.269. The number of rotatable bonds is 8. The van der Waals surface area contributed by atoms with E-state index in [1.165, 1.54) is 10.9 Å². The Morgan fingerprint density at radius 2 is 2.09 bits per heavy atom. The summed E-state index contributed by atoms with van der Waals surface area (Å²) >= 11 is 6.23. The maximum atomic E-state index is 13.4. The van der Waals surface area contributed by atoms with Gasteiger partial charge in [0.1, 0.15) is 5.75 Å². The van der Waals surface area contributed by atoms with Crippen LogP contribution in [-0.2, 0) is 17.8 Å². The lowest BCUT2D eigenvalue weighted by molar-refractivity contribution is -0.147. The van der Waals surface area contributed by atoms with Crippen LogP contribution in [-0.4, -0.2) is 65.2 Å². The zero-order chi connectivity index (χ0) is 23.5. The van der Waals surface area contributed by atoms with Crippen LogP contribution in [0.5, 0.6) is 5.75 Å². The smallest absolute Gasteiger partial charge is 0.229 e. The molecule has 7 heteroatoms. The normalized spacial score (nSPS) is 19.9. The van der Waals surface area contributed by atoms with Crippen LogP contribution in [0.25, 0.3) is 10.9 Å². The molecule has 3 aromatic rings. The van der Waals surface area contributed by atoms with Crippen molar-refractivity contribution in [1.82, 2.24) is 14.8 Å². The number of carbonyl (C=O) groups is 1. The molecular formula is C26H32ClN3O3. The highest BCUT2D eigenvalue weighted by molar-refractivity contribution is 6.30. The summed E-state index contributed by atoms with van der Waals surface area (Å²) in [6, 6.07) is 13.8. The second-order valence-electron chi connectivity index (χ2n) is 8.97. The van der Waals surface area contributed by atoms with Crippen molar-refractivity contribution in [2.45, 2.75) is 38.5 Å². The first kappa shape index (κ1) is 23.6. The zero-order valence-corrected chi connectivity index (χ0v) is 20.2. The van der Waals surface area contributed by atoms with E-state index >= 15 is 0 Å². The monoisotopic (exact) mass is 469 g/mol. The summed E-state index contributed by atoms with van der Waals surface area (Å²) in [5, 5.41) is 12.4. The lowest BCUT2D eigenvalue weighted by Crippen LogP contribution is -2.56. The number of ether oxygens (including phenoxy) is 1. The molecule has 0 saturated carbocycles. The number of fused-ring (bicyclic) bond motifs is 1. The lowest BCUT2D eigenvalue weighted by Gasteiger charge is -2.43. The van der Waals surface area contributed by atoms with Crippen molar-refractivity contribution in [3.05, 3.63) is 64.8 Å². The third kappa shape index (κ3) is 5.18. The van der Waals surface area contributed by atoms with Gasteiger partial charge in [0.25, 0.3) is 0 Å². The predicted molar refractivity (Wildman–Crippen MR) is 132 cm³/mol. The molecule has 3 unspecified atom stereocenters. The van der Waals surface area contributed by atoms with Gasteiger partial charge in [-0.2, -0.15) is 0 Å². The maximum Gasteiger partial charge on any atom is 0.229 e. The van der Waals surface area contributed by atoms with Gasteiger partial charge in [0.15, 0.2) is 0 Å². The van der Waals surface area contributed by atoms with Crippen LogP contribution in [0.3, 0.4) is 0 Å². The van der Waals surface area contributed by atoms with E-state index in [1.54, 1.807) is 20.1 Å². The van der Waals surface area contributed by atoms with Crippen molar-refractivity contribution in [2.24, 2.45) is 5.92 Å². The topological polar surface area (TPSA) is 68.8 Å². The van der Waals surface area contributed by atoms with E-state index in [0.717, 1.165) is 23.9 Å². The Labute approximate surface area is 200 Å². The van der Waals surface area contributed by atoms with Gasteiger partial charge in [0, 0.05) is 47.8 Å². The molecule has 3 atom stereocenters. The molecule has 6 nitrogen and oxygen atoms in total. The molecule has 1 fully saturated rings. The van der Waals surface area contributed by atoms with Crippen molar-refractivity contribution >= 4 is 28.4 Å². The summed E-state index contributed by atoms with van der Waals surface area (Å²) < 4.78 is 5.33. The minimum atomic E-state index is -0.727. The molecule has 0 bridgehead atoms. The van der Waals surface area contributed by atoms with Crippen LogP contribution in [0, 0.1) is 5.92 Å². The molecule has 0 spiro atoms. The Hall–Kier alpha value is -2.54. The quantitative estimate of drug-likeness (QED) is 0.521. The molecule has 176 valence electrons. The first-order valence-electron chi connectivity index (χ1n) is 11.4. The minimum Gasteiger partial charge on any atom is -0.497 e. The number of amides is 1. The van der Waals surface area contributed by atoms with Crippen molar-refractivity contribution in [1.29, 1.82) is 0 Å². The Morgan fingerprint density at radius 1 is 1.30 bits per heavy atom. The van der Waals surface area contributed by atoms with E-state index in [-0.39, 0.29) is 11.9 Å². The summed E-state index contributed by atoms with van der Waals surface area (Å²) in [6.07, 6.45) is 2.89. The van der Waals surface area contributed by atoms with Crippen molar-refractivity contribution in [3.8, 4) is 5.75 Å². The van der Waals surface area contributed by atoms with E-state index in [9.17, 15) is 9.90 Å². The van der Waals surface area contributed by atoms with Crippen LogP contribution in [0.2, 0.25) is 5.02 Å². The van der Waals surface area contributed by atoms with E-state index in [2.05, 4.69) is 22.0 Å². The molecule has 1 amide bonds. The highest BCUT2D eigenvalue weighted by atomic mass is 35.5. The van der Waals surface area contributed by atoms with Crippen LogP contribution < -0.4 is 4.74 Å². The second kappa shape index (κ2) is 10.2. The molecule has 1 aromatic heterocycles. The lowest BCUT2D eigenvalue weighted by atomic mass is 9.85. The second-order valence-corrected chi connectivity index (χ2v) is 9.41. The maximum absolute atomic E-state index is 13.4. The number of hydrogen-bond donors (Lipinski definition) is 2. The highest BCUT2D eigenvalue weighted by Crippen LogP contribution is 2.29. The van der Waals surface area contributed by atoms with Crippen molar-refractivity contribution in [2.75, 3.05) is 27.2 Å². The van der Waals surface area contributed by atoms with Gasteiger partial charge in [-0.05, 0) is 62.2 Å². The number of halogens is 1. The number of methoxy groups -OCH3 is 1. The molecule has 33 heavy (non-hydrogen) atoms. The van der Waals surface area contributed by atoms with Gasteiger partial charge in [-0.15, -0.1) is 0 Å². The number of piperidine rings is 1. The van der Waals surface area contributed by atoms with E-state index in [0.29, 0.717) is 30.4 Å². The van der Waals surface area contributed by atoms with E-state index in [4.69, 9.17) is 16.3 Å². The number of nitrogens with one attached hydrogen (secondary N) is 1. The molecule has 0 aliphatic carbocycles. The first-order chi connectivity index (χ1) is 15.9. The number of H-pyrrole nitrogens is 1. The number of benzene rings is 2. The fraction of sp³-hybridized carbons (Fsp3) is 0.423. The molecule has 2 aromatic carbocycles. The largest absolute Gasteiger partial charge is 0.497 e. The highest BCUT2D eigenvalue weighted by Gasteiger charge is 2.41. The summed E-state index contributed by atoms with van der Waals surface area (Å²) in [4.78, 5) is 20.8. The minimum absolute atomic E-state index is 0.0246. The van der Waals surface area contributed by atoms with E-state index in [1.807, 2.05) is 42.4 Å². The van der Waals surface area contributed by atoms with Crippen LogP contribution in [0.1, 0.15) is 24.5 Å². The average Bonchev–Trinajstić information content (AvgIpc) is 3.20. The average molecular weight is 470 g/mol. The van der Waals surface area contributed by atoms with Gasteiger partial charge >= 0.3 is 0 Å². The van der Waals surface area contributed by atoms with Gasteiger partial charge in [0.05, 0.1) is 19.1 Å². The molecule has 0 radical (unpaired) electrons. The van der Waals surface area contributed by atoms with Crippen LogP contribution >= 0.6 is 11.6 Å². The number of aromatic nitrogens is 1. The van der Waals surface area contributed by atoms with Crippen molar-refractivity contribution in [3.63, 3.8) is 0 Å². The third-order valence-electron chi connectivity index (χ3n) is 6.72. The molecule has 4 rings (SSSR count). The van der Waals surface area contributed by atoms with E-state index < -0.39 is 12.0 Å². The zero-order valence-electron chi connectivity index (χ0n) is 19.4. The number of likely N-dealkylation sites (tertiary alicyclic amines) is 1. The number of aliphatic hydroxyl groups is 1. The van der Waals surface area contributed by atoms with Gasteiger partial charge in [-0.1, -0.05) is 29.8 Å². The fourth-order valence-corrected chi connectivity index (χ4v) is 5.27. The van der Waals surface area contributed by atoms with Gasteiger partial charge < -0.3 is 19.7 Å².